The number of allylic oxidation sites excluding steroid dienone is 2. The molecule has 0 saturated heterocycles. The lowest BCUT2D eigenvalue weighted by molar-refractivity contribution is -0.114. The Bertz CT molecular complexity index is 324. The maximum absolute atomic E-state index is 11.3. The van der Waals surface area contributed by atoms with Gasteiger partial charge in [0, 0.05) is 6.42 Å². The normalized spacial score (nSPS) is 10.6. The van der Waals surface area contributed by atoms with E-state index in [2.05, 4.69) is 0 Å². The first kappa shape index (κ1) is 9.72. The molecule has 0 aromatic heterocycles. The van der Waals surface area contributed by atoms with Crippen LogP contribution < -0.4 is 0 Å². The van der Waals surface area contributed by atoms with Crippen LogP contribution in [0.4, 0.5) is 0 Å². The van der Waals surface area contributed by atoms with Gasteiger partial charge in [-0.05, 0) is 31.1 Å². The Morgan fingerprint density at radius 3 is 2.69 bits per heavy atom. The average Bonchev–Trinajstić information content (AvgIpc) is 2.09. The minimum Gasteiger partial charge on any atom is -0.294 e. The number of rotatable bonds is 3. The molecule has 13 heavy (non-hydrogen) atoms. The molecule has 0 saturated carbocycles. The van der Waals surface area contributed by atoms with E-state index in [9.17, 15) is 4.79 Å². The van der Waals surface area contributed by atoms with Crippen molar-refractivity contribution in [3.63, 3.8) is 0 Å². The summed E-state index contributed by atoms with van der Waals surface area (Å²) in [7, 11) is 0. The van der Waals surface area contributed by atoms with Crippen molar-refractivity contribution >= 4 is 5.78 Å². The van der Waals surface area contributed by atoms with E-state index in [0.717, 1.165) is 5.56 Å². The van der Waals surface area contributed by atoms with Gasteiger partial charge in [0.2, 0.25) is 0 Å². The zero-order chi connectivity index (χ0) is 9.68. The summed E-state index contributed by atoms with van der Waals surface area (Å²) in [4.78, 5) is 11.3. The van der Waals surface area contributed by atoms with Gasteiger partial charge in [0.05, 0.1) is 0 Å². The lowest BCUT2D eigenvalue weighted by atomic mass is 10.0. The van der Waals surface area contributed by atoms with Crippen LogP contribution in [0.15, 0.2) is 36.4 Å². The SMILES string of the molecule is C/C=C/C(=O)Cc1ccccc1C. The molecule has 0 bridgehead atoms. The Kier molecular flexibility index (Phi) is 3.44. The molecule has 0 radical (unpaired) electrons. The highest BCUT2D eigenvalue weighted by Crippen LogP contribution is 2.08. The zero-order valence-electron chi connectivity index (χ0n) is 8.08. The topological polar surface area (TPSA) is 17.1 Å². The van der Waals surface area contributed by atoms with E-state index >= 15 is 0 Å². The summed E-state index contributed by atoms with van der Waals surface area (Å²) in [5, 5.41) is 0. The molecule has 0 heterocycles. The number of benzene rings is 1. The van der Waals surface area contributed by atoms with Crippen LogP contribution in [0.5, 0.6) is 0 Å². The maximum atomic E-state index is 11.3. The summed E-state index contributed by atoms with van der Waals surface area (Å²) in [6.07, 6.45) is 3.91. The second-order valence-electron chi connectivity index (χ2n) is 3.07. The molecule has 1 aromatic carbocycles. The first-order chi connectivity index (χ1) is 6.24. The molecule has 0 unspecified atom stereocenters. The number of aryl methyl sites for hydroxylation is 1. The van der Waals surface area contributed by atoms with Gasteiger partial charge < -0.3 is 0 Å². The first-order valence-electron chi connectivity index (χ1n) is 4.44. The quantitative estimate of drug-likeness (QED) is 0.644. The van der Waals surface area contributed by atoms with Crippen LogP contribution >= 0.6 is 0 Å². The minimum atomic E-state index is 0.164. The monoisotopic (exact) mass is 174 g/mol. The summed E-state index contributed by atoms with van der Waals surface area (Å²) >= 11 is 0. The molecule has 1 rings (SSSR count). The Labute approximate surface area is 79.1 Å². The van der Waals surface area contributed by atoms with E-state index in [-0.39, 0.29) is 5.78 Å². The van der Waals surface area contributed by atoms with Gasteiger partial charge >= 0.3 is 0 Å². The van der Waals surface area contributed by atoms with E-state index in [1.54, 1.807) is 12.2 Å². The fourth-order valence-corrected chi connectivity index (χ4v) is 1.24. The third-order valence-electron chi connectivity index (χ3n) is 1.98. The molecule has 68 valence electrons. The third-order valence-corrected chi connectivity index (χ3v) is 1.98. The van der Waals surface area contributed by atoms with E-state index in [1.807, 2.05) is 38.1 Å². The molecule has 1 aromatic rings. The summed E-state index contributed by atoms with van der Waals surface area (Å²) in [6.45, 7) is 3.88. The molecule has 0 fully saturated rings. The van der Waals surface area contributed by atoms with Gasteiger partial charge in [0.25, 0.3) is 0 Å². The molecule has 1 heteroatoms. The average molecular weight is 174 g/mol. The number of hydrogen-bond donors (Lipinski definition) is 0. The smallest absolute Gasteiger partial charge is 0.159 e. The second-order valence-corrected chi connectivity index (χ2v) is 3.07. The number of carbonyl (C=O) groups is 1. The number of hydrogen-bond acceptors (Lipinski definition) is 1. The molecule has 0 amide bonds. The molecule has 0 aliphatic carbocycles. The molecule has 0 N–H and O–H groups in total. The predicted molar refractivity (Wildman–Crippen MR) is 54.7 cm³/mol. The van der Waals surface area contributed by atoms with Gasteiger partial charge in [-0.3, -0.25) is 4.79 Å². The van der Waals surface area contributed by atoms with Crippen LogP contribution in [-0.2, 0) is 11.2 Å². The fourth-order valence-electron chi connectivity index (χ4n) is 1.24. The number of carbonyl (C=O) groups excluding carboxylic acids is 1. The van der Waals surface area contributed by atoms with Gasteiger partial charge in [0.15, 0.2) is 5.78 Å². The van der Waals surface area contributed by atoms with Crippen molar-refractivity contribution in [2.75, 3.05) is 0 Å². The standard InChI is InChI=1S/C12H14O/c1-3-6-12(13)9-11-8-5-4-7-10(11)2/h3-8H,9H2,1-2H3/b6-3+. The van der Waals surface area contributed by atoms with E-state index < -0.39 is 0 Å². The molecule has 0 spiro atoms. The predicted octanol–water partition coefficient (Wildman–Crippen LogP) is 2.68. The van der Waals surface area contributed by atoms with Crippen LogP contribution in [0.25, 0.3) is 0 Å². The molecule has 1 nitrogen and oxygen atoms in total. The van der Waals surface area contributed by atoms with E-state index in [1.165, 1.54) is 5.56 Å². The second kappa shape index (κ2) is 4.61. The van der Waals surface area contributed by atoms with Crippen molar-refractivity contribution < 1.29 is 4.79 Å². The Balaban J connectivity index is 2.74. The van der Waals surface area contributed by atoms with Gasteiger partial charge in [-0.2, -0.15) is 0 Å². The van der Waals surface area contributed by atoms with Crippen molar-refractivity contribution in [3.05, 3.63) is 47.5 Å². The van der Waals surface area contributed by atoms with E-state index in [0.29, 0.717) is 6.42 Å². The van der Waals surface area contributed by atoms with E-state index in [4.69, 9.17) is 0 Å². The molecular weight excluding hydrogens is 160 g/mol. The van der Waals surface area contributed by atoms with Crippen LogP contribution in [0.3, 0.4) is 0 Å². The van der Waals surface area contributed by atoms with Crippen LogP contribution in [0.2, 0.25) is 0 Å². The van der Waals surface area contributed by atoms with Crippen molar-refractivity contribution in [1.29, 1.82) is 0 Å². The van der Waals surface area contributed by atoms with Gasteiger partial charge in [-0.25, -0.2) is 0 Å². The minimum absolute atomic E-state index is 0.164. The van der Waals surface area contributed by atoms with Crippen molar-refractivity contribution in [3.8, 4) is 0 Å². The van der Waals surface area contributed by atoms with Crippen LogP contribution in [0.1, 0.15) is 18.1 Å². The third kappa shape index (κ3) is 2.86. The Morgan fingerprint density at radius 2 is 2.08 bits per heavy atom. The van der Waals surface area contributed by atoms with Crippen molar-refractivity contribution in [2.24, 2.45) is 0 Å². The summed E-state index contributed by atoms with van der Waals surface area (Å²) in [5.41, 5.74) is 2.30. The molecule has 0 aliphatic heterocycles. The largest absolute Gasteiger partial charge is 0.294 e. The highest BCUT2D eigenvalue weighted by molar-refractivity contribution is 5.91. The highest BCUT2D eigenvalue weighted by Gasteiger charge is 2.01. The van der Waals surface area contributed by atoms with Crippen molar-refractivity contribution in [2.45, 2.75) is 20.3 Å². The summed E-state index contributed by atoms with van der Waals surface area (Å²) in [6, 6.07) is 7.97. The number of ketones is 1. The lowest BCUT2D eigenvalue weighted by Gasteiger charge is -2.01. The van der Waals surface area contributed by atoms with Crippen LogP contribution in [0, 0.1) is 6.92 Å². The Morgan fingerprint density at radius 1 is 1.38 bits per heavy atom. The van der Waals surface area contributed by atoms with Gasteiger partial charge in [-0.1, -0.05) is 30.3 Å². The molecule has 0 aliphatic rings. The maximum Gasteiger partial charge on any atom is 0.159 e. The highest BCUT2D eigenvalue weighted by atomic mass is 16.1. The molecular formula is C12H14O. The zero-order valence-corrected chi connectivity index (χ0v) is 8.08. The van der Waals surface area contributed by atoms with Crippen molar-refractivity contribution in [1.82, 2.24) is 0 Å². The lowest BCUT2D eigenvalue weighted by Crippen LogP contribution is -1.99. The Hall–Kier alpha value is -1.37. The summed E-state index contributed by atoms with van der Waals surface area (Å²) < 4.78 is 0. The fraction of sp³-hybridized carbons (Fsp3) is 0.250. The summed E-state index contributed by atoms with van der Waals surface area (Å²) in [5.74, 6) is 0.164. The first-order valence-corrected chi connectivity index (χ1v) is 4.44. The van der Waals surface area contributed by atoms with Gasteiger partial charge in [0.1, 0.15) is 0 Å². The van der Waals surface area contributed by atoms with Gasteiger partial charge in [-0.15, -0.1) is 0 Å². The van der Waals surface area contributed by atoms with Crippen LogP contribution in [-0.4, -0.2) is 5.78 Å². The molecule has 0 atom stereocenters.